The summed E-state index contributed by atoms with van der Waals surface area (Å²) in [7, 11) is 2.85. The van der Waals surface area contributed by atoms with Crippen molar-refractivity contribution in [1.82, 2.24) is 0 Å². The van der Waals surface area contributed by atoms with Gasteiger partial charge >= 0.3 is 5.97 Å². The molecule has 0 aromatic heterocycles. The van der Waals surface area contributed by atoms with Gasteiger partial charge in [-0.1, -0.05) is 32.0 Å². The number of carbonyl (C=O) groups is 1. The van der Waals surface area contributed by atoms with Gasteiger partial charge in [-0.2, -0.15) is 0 Å². The van der Waals surface area contributed by atoms with Gasteiger partial charge in [0, 0.05) is 11.1 Å². The van der Waals surface area contributed by atoms with Crippen LogP contribution < -0.4 is 10.5 Å². The number of hydrogen-bond donors (Lipinski definition) is 1. The highest BCUT2D eigenvalue weighted by Crippen LogP contribution is 2.45. The molecule has 2 aliphatic carbocycles. The molecule has 0 atom stereocenters. The van der Waals surface area contributed by atoms with Gasteiger partial charge in [-0.05, 0) is 17.5 Å². The Morgan fingerprint density at radius 2 is 1.90 bits per heavy atom. The molecule has 0 spiro atoms. The van der Waals surface area contributed by atoms with Gasteiger partial charge in [-0.15, -0.1) is 0 Å². The van der Waals surface area contributed by atoms with Crippen molar-refractivity contribution in [2.45, 2.75) is 19.8 Å². The van der Waals surface area contributed by atoms with Crippen molar-refractivity contribution in [2.75, 3.05) is 20.0 Å². The Labute approximate surface area is 118 Å². The third kappa shape index (κ3) is 2.18. The van der Waals surface area contributed by atoms with Crippen LogP contribution >= 0.6 is 0 Å². The molecule has 0 radical (unpaired) electrons. The number of methoxy groups -OCH3 is 2. The number of esters is 1. The second-order valence-corrected chi connectivity index (χ2v) is 4.97. The Morgan fingerprint density at radius 3 is 2.45 bits per heavy atom. The maximum atomic E-state index is 12.0. The fourth-order valence-corrected chi connectivity index (χ4v) is 2.33. The van der Waals surface area contributed by atoms with E-state index >= 15 is 0 Å². The standard InChI is InChI=1S/C16H19NO3/c1-9(2)10-6-5-7-11-12(8-10)13(16(18)20-4)15(19-3)14(11)17/h5-9H,17H2,1-4H3. The number of nitrogen functional groups attached to an aromatic ring is 1. The molecule has 0 saturated carbocycles. The molecular formula is C16H19NO3. The maximum absolute atomic E-state index is 12.0. The van der Waals surface area contributed by atoms with Crippen LogP contribution in [0.1, 0.15) is 35.7 Å². The second-order valence-electron chi connectivity index (χ2n) is 4.97. The van der Waals surface area contributed by atoms with Gasteiger partial charge < -0.3 is 15.2 Å². The molecule has 4 nitrogen and oxygen atoms in total. The van der Waals surface area contributed by atoms with Crippen LogP contribution in [-0.2, 0) is 4.74 Å². The number of ether oxygens (including phenoxy) is 2. The highest BCUT2D eigenvalue weighted by atomic mass is 16.5. The fraction of sp³-hybridized carbons (Fsp3) is 0.312. The molecule has 2 rings (SSSR count). The van der Waals surface area contributed by atoms with E-state index in [1.54, 1.807) is 0 Å². The van der Waals surface area contributed by atoms with E-state index in [1.165, 1.54) is 14.2 Å². The molecule has 0 aromatic carbocycles. The predicted octanol–water partition coefficient (Wildman–Crippen LogP) is 3.29. The van der Waals surface area contributed by atoms with Crippen LogP contribution in [-0.4, -0.2) is 20.2 Å². The van der Waals surface area contributed by atoms with Crippen molar-refractivity contribution in [3.63, 3.8) is 0 Å². The smallest absolute Gasteiger partial charge is 0.342 e. The summed E-state index contributed by atoms with van der Waals surface area (Å²) in [4.78, 5) is 12.0. The lowest BCUT2D eigenvalue weighted by Crippen LogP contribution is -2.03. The summed E-state index contributed by atoms with van der Waals surface area (Å²) in [6.07, 6.45) is 0. The highest BCUT2D eigenvalue weighted by molar-refractivity contribution is 6.07. The van der Waals surface area contributed by atoms with E-state index in [2.05, 4.69) is 13.8 Å². The number of rotatable bonds is 3. The molecule has 20 heavy (non-hydrogen) atoms. The summed E-state index contributed by atoms with van der Waals surface area (Å²) in [5, 5.41) is 0. The normalized spacial score (nSPS) is 10.8. The monoisotopic (exact) mass is 273 g/mol. The van der Waals surface area contributed by atoms with Gasteiger partial charge in [0.25, 0.3) is 0 Å². The molecule has 0 heterocycles. The Hall–Kier alpha value is -2.23. The molecule has 2 aliphatic rings. The summed E-state index contributed by atoms with van der Waals surface area (Å²) < 4.78 is 10.1. The van der Waals surface area contributed by atoms with Crippen LogP contribution in [0.4, 0.5) is 5.69 Å². The molecule has 0 amide bonds. The molecular weight excluding hydrogens is 254 g/mol. The van der Waals surface area contributed by atoms with Crippen LogP contribution in [0.3, 0.4) is 0 Å². The quantitative estimate of drug-likeness (QED) is 0.872. The maximum Gasteiger partial charge on any atom is 0.342 e. The van der Waals surface area contributed by atoms with E-state index in [1.807, 2.05) is 24.3 Å². The van der Waals surface area contributed by atoms with Crippen LogP contribution in [0, 0.1) is 0 Å². The van der Waals surface area contributed by atoms with Gasteiger partial charge in [-0.3, -0.25) is 0 Å². The lowest BCUT2D eigenvalue weighted by Gasteiger charge is -2.05. The van der Waals surface area contributed by atoms with Crippen LogP contribution in [0.25, 0.3) is 11.1 Å². The first-order valence-corrected chi connectivity index (χ1v) is 6.48. The molecule has 106 valence electrons. The first-order valence-electron chi connectivity index (χ1n) is 6.48. The van der Waals surface area contributed by atoms with Crippen molar-refractivity contribution in [3.8, 4) is 16.9 Å². The zero-order valence-electron chi connectivity index (χ0n) is 12.2. The zero-order chi connectivity index (χ0) is 14.9. The average molecular weight is 273 g/mol. The summed E-state index contributed by atoms with van der Waals surface area (Å²) in [5.41, 5.74) is 9.63. The van der Waals surface area contributed by atoms with Gasteiger partial charge in [0.15, 0.2) is 5.75 Å². The minimum atomic E-state index is -0.440. The molecule has 4 heteroatoms. The Balaban J connectivity index is 2.81. The van der Waals surface area contributed by atoms with E-state index in [9.17, 15) is 4.79 Å². The van der Waals surface area contributed by atoms with E-state index in [-0.39, 0.29) is 0 Å². The molecule has 0 fully saturated rings. The first kappa shape index (κ1) is 14.2. The summed E-state index contributed by atoms with van der Waals surface area (Å²) in [5.74, 6) is 0.287. The molecule has 0 aromatic rings. The first-order chi connectivity index (χ1) is 9.51. The lowest BCUT2D eigenvalue weighted by molar-refractivity contribution is 0.0598. The minimum Gasteiger partial charge on any atom is -0.494 e. The van der Waals surface area contributed by atoms with Crippen molar-refractivity contribution in [1.29, 1.82) is 0 Å². The van der Waals surface area contributed by atoms with Crippen molar-refractivity contribution in [3.05, 3.63) is 35.4 Å². The molecule has 0 saturated heterocycles. The van der Waals surface area contributed by atoms with Crippen molar-refractivity contribution in [2.24, 2.45) is 0 Å². The van der Waals surface area contributed by atoms with E-state index < -0.39 is 5.97 Å². The Bertz CT molecular complexity index is 620. The minimum absolute atomic E-state index is 0.346. The highest BCUT2D eigenvalue weighted by Gasteiger charge is 2.27. The molecule has 2 N–H and O–H groups in total. The van der Waals surface area contributed by atoms with Gasteiger partial charge in [-0.25, -0.2) is 4.79 Å². The summed E-state index contributed by atoms with van der Waals surface area (Å²) in [6.45, 7) is 4.20. The summed E-state index contributed by atoms with van der Waals surface area (Å²) in [6, 6.07) is 7.84. The number of nitrogens with two attached hydrogens (primary N) is 1. The van der Waals surface area contributed by atoms with Crippen molar-refractivity contribution >= 4 is 11.7 Å². The molecule has 0 unspecified atom stereocenters. The number of anilines is 1. The fourth-order valence-electron chi connectivity index (χ4n) is 2.33. The van der Waals surface area contributed by atoms with E-state index in [0.717, 1.165) is 16.7 Å². The molecule has 0 aliphatic heterocycles. The van der Waals surface area contributed by atoms with Gasteiger partial charge in [0.05, 0.1) is 19.9 Å². The number of hydrogen-bond acceptors (Lipinski definition) is 4. The largest absolute Gasteiger partial charge is 0.494 e. The SMILES string of the molecule is COC(=O)c1c2cc(C(C)C)cccc-2c(N)c1OC. The zero-order valence-corrected chi connectivity index (χ0v) is 12.2. The third-order valence-electron chi connectivity index (χ3n) is 3.44. The van der Waals surface area contributed by atoms with Gasteiger partial charge in [0.2, 0.25) is 0 Å². The Morgan fingerprint density at radius 1 is 1.20 bits per heavy atom. The van der Waals surface area contributed by atoms with Crippen LogP contribution in [0.15, 0.2) is 24.3 Å². The second kappa shape index (κ2) is 5.41. The average Bonchev–Trinajstić information content (AvgIpc) is 2.59. The number of carbonyl (C=O) groups excluding carboxylic acids is 1. The van der Waals surface area contributed by atoms with Crippen LogP contribution in [0.5, 0.6) is 5.75 Å². The number of fused-ring (bicyclic) bond motifs is 1. The van der Waals surface area contributed by atoms with Crippen molar-refractivity contribution < 1.29 is 14.3 Å². The third-order valence-corrected chi connectivity index (χ3v) is 3.44. The summed E-state index contributed by atoms with van der Waals surface area (Å²) >= 11 is 0. The Kier molecular flexibility index (Phi) is 3.84. The topological polar surface area (TPSA) is 61.5 Å². The van der Waals surface area contributed by atoms with Gasteiger partial charge in [0.1, 0.15) is 5.56 Å². The van der Waals surface area contributed by atoms with Crippen LogP contribution in [0.2, 0.25) is 0 Å². The van der Waals surface area contributed by atoms with E-state index in [4.69, 9.17) is 15.2 Å². The molecule has 0 bridgehead atoms. The predicted molar refractivity (Wildman–Crippen MR) is 79.5 cm³/mol. The van der Waals surface area contributed by atoms with E-state index in [0.29, 0.717) is 22.9 Å². The lowest BCUT2D eigenvalue weighted by atomic mass is 10.0.